The van der Waals surface area contributed by atoms with Crippen molar-refractivity contribution in [1.29, 1.82) is 0 Å². The summed E-state index contributed by atoms with van der Waals surface area (Å²) < 4.78 is 18.3. The van der Waals surface area contributed by atoms with Crippen LogP contribution >= 0.6 is 0 Å². The van der Waals surface area contributed by atoms with Crippen LogP contribution in [0.2, 0.25) is 0 Å². The summed E-state index contributed by atoms with van der Waals surface area (Å²) in [6, 6.07) is 9.18. The summed E-state index contributed by atoms with van der Waals surface area (Å²) in [7, 11) is 1.64. The Kier molecular flexibility index (Phi) is 3.10. The average Bonchev–Trinajstić information content (AvgIpc) is 2.89. The van der Waals surface area contributed by atoms with Gasteiger partial charge in [-0.05, 0) is 17.7 Å². The molecule has 102 valence electrons. The molecule has 0 saturated heterocycles. The monoisotopic (exact) mass is 271 g/mol. The summed E-state index contributed by atoms with van der Waals surface area (Å²) in [5, 5.41) is 0. The highest BCUT2D eigenvalue weighted by atomic mass is 19.1. The van der Waals surface area contributed by atoms with Gasteiger partial charge < -0.3 is 9.72 Å². The van der Waals surface area contributed by atoms with E-state index in [0.29, 0.717) is 11.2 Å². The Morgan fingerprint density at radius 2 is 2.00 bits per heavy atom. The van der Waals surface area contributed by atoms with Gasteiger partial charge in [0.1, 0.15) is 22.9 Å². The number of halogens is 1. The molecule has 1 atom stereocenters. The van der Waals surface area contributed by atoms with Gasteiger partial charge in [0.2, 0.25) is 0 Å². The predicted octanol–water partition coefficient (Wildman–Crippen LogP) is 3.26. The number of nitrogens with one attached hydrogen (secondary N) is 1. The molecule has 0 aliphatic rings. The molecule has 0 amide bonds. The van der Waals surface area contributed by atoms with Gasteiger partial charge in [-0.15, -0.1) is 0 Å². The standard InChI is InChI=1S/C15H14FN3O/c1-9(10-3-5-12(20-2)6-4-10)14-18-13-7-11(16)8-17-15(13)19-14/h3-9H,1-2H3,(H,17,18,19). The van der Waals surface area contributed by atoms with Crippen molar-refractivity contribution >= 4 is 11.2 Å². The number of aromatic amines is 1. The topological polar surface area (TPSA) is 50.8 Å². The number of pyridine rings is 1. The molecule has 0 aliphatic heterocycles. The second-order valence-electron chi connectivity index (χ2n) is 4.64. The molecule has 0 fully saturated rings. The van der Waals surface area contributed by atoms with Crippen molar-refractivity contribution in [3.05, 3.63) is 53.7 Å². The summed E-state index contributed by atoms with van der Waals surface area (Å²) in [6.07, 6.45) is 1.18. The average molecular weight is 271 g/mol. The third-order valence-corrected chi connectivity index (χ3v) is 3.35. The Labute approximate surface area is 115 Å². The molecule has 4 nitrogen and oxygen atoms in total. The van der Waals surface area contributed by atoms with Crippen LogP contribution in [0.5, 0.6) is 5.75 Å². The number of ether oxygens (including phenoxy) is 1. The second kappa shape index (κ2) is 4.92. The molecule has 1 aromatic carbocycles. The molecule has 0 bridgehead atoms. The lowest BCUT2D eigenvalue weighted by Crippen LogP contribution is -1.98. The first kappa shape index (κ1) is 12.6. The van der Waals surface area contributed by atoms with Crippen LogP contribution in [0.25, 0.3) is 11.2 Å². The molecule has 1 unspecified atom stereocenters. The van der Waals surface area contributed by atoms with Gasteiger partial charge in [0.15, 0.2) is 5.65 Å². The van der Waals surface area contributed by atoms with Gasteiger partial charge >= 0.3 is 0 Å². The number of aromatic nitrogens is 3. The van der Waals surface area contributed by atoms with Crippen molar-refractivity contribution in [2.75, 3.05) is 7.11 Å². The van der Waals surface area contributed by atoms with Gasteiger partial charge in [-0.1, -0.05) is 19.1 Å². The summed E-state index contributed by atoms with van der Waals surface area (Å²) >= 11 is 0. The zero-order chi connectivity index (χ0) is 14.1. The van der Waals surface area contributed by atoms with Gasteiger partial charge in [-0.3, -0.25) is 0 Å². The third kappa shape index (κ3) is 2.22. The molecule has 2 heterocycles. The van der Waals surface area contributed by atoms with Crippen LogP contribution in [0.3, 0.4) is 0 Å². The van der Waals surface area contributed by atoms with Crippen LogP contribution in [0.15, 0.2) is 36.5 Å². The molecule has 0 aliphatic carbocycles. The van der Waals surface area contributed by atoms with Gasteiger partial charge in [0, 0.05) is 12.0 Å². The van der Waals surface area contributed by atoms with E-state index >= 15 is 0 Å². The molecule has 2 aromatic heterocycles. The van der Waals surface area contributed by atoms with Gasteiger partial charge in [-0.25, -0.2) is 14.4 Å². The molecular weight excluding hydrogens is 257 g/mol. The number of nitrogens with zero attached hydrogens (tertiary/aromatic N) is 2. The Bertz CT molecular complexity index is 736. The number of methoxy groups -OCH3 is 1. The number of imidazole rings is 1. The third-order valence-electron chi connectivity index (χ3n) is 3.35. The van der Waals surface area contributed by atoms with Crippen LogP contribution in [-0.2, 0) is 0 Å². The molecule has 20 heavy (non-hydrogen) atoms. The van der Waals surface area contributed by atoms with Crippen LogP contribution < -0.4 is 4.74 Å². The molecule has 0 spiro atoms. The lowest BCUT2D eigenvalue weighted by atomic mass is 10.0. The zero-order valence-corrected chi connectivity index (χ0v) is 11.2. The van der Waals surface area contributed by atoms with E-state index in [9.17, 15) is 4.39 Å². The molecule has 0 radical (unpaired) electrons. The fourth-order valence-corrected chi connectivity index (χ4v) is 2.14. The van der Waals surface area contributed by atoms with Crippen molar-refractivity contribution < 1.29 is 9.13 Å². The highest BCUT2D eigenvalue weighted by Crippen LogP contribution is 2.25. The van der Waals surface area contributed by atoms with Crippen LogP contribution in [-0.4, -0.2) is 22.1 Å². The first-order chi connectivity index (χ1) is 9.67. The summed E-state index contributed by atoms with van der Waals surface area (Å²) in [5.41, 5.74) is 2.24. The fourth-order valence-electron chi connectivity index (χ4n) is 2.14. The van der Waals surface area contributed by atoms with E-state index in [1.807, 2.05) is 31.2 Å². The molecular formula is C15H14FN3O. The van der Waals surface area contributed by atoms with E-state index in [0.717, 1.165) is 17.1 Å². The van der Waals surface area contributed by atoms with E-state index in [-0.39, 0.29) is 11.7 Å². The van der Waals surface area contributed by atoms with Crippen LogP contribution in [0.4, 0.5) is 4.39 Å². The van der Waals surface area contributed by atoms with Gasteiger partial charge in [0.25, 0.3) is 0 Å². The molecule has 3 aromatic rings. The van der Waals surface area contributed by atoms with Gasteiger partial charge in [-0.2, -0.15) is 0 Å². The van der Waals surface area contributed by atoms with Crippen molar-refractivity contribution in [3.63, 3.8) is 0 Å². The number of fused-ring (bicyclic) bond motifs is 1. The molecule has 5 heteroatoms. The first-order valence-electron chi connectivity index (χ1n) is 6.32. The number of benzene rings is 1. The summed E-state index contributed by atoms with van der Waals surface area (Å²) in [4.78, 5) is 11.5. The lowest BCUT2D eigenvalue weighted by Gasteiger charge is -2.09. The van der Waals surface area contributed by atoms with E-state index in [1.165, 1.54) is 12.3 Å². The summed E-state index contributed by atoms with van der Waals surface area (Å²) in [5.74, 6) is 1.27. The largest absolute Gasteiger partial charge is 0.497 e. The number of rotatable bonds is 3. The first-order valence-corrected chi connectivity index (χ1v) is 6.32. The Balaban J connectivity index is 1.96. The Hall–Kier alpha value is -2.43. The SMILES string of the molecule is COc1ccc(C(C)c2nc3cc(F)cnc3[nH]2)cc1. The van der Waals surface area contributed by atoms with Crippen molar-refractivity contribution in [2.24, 2.45) is 0 Å². The smallest absolute Gasteiger partial charge is 0.157 e. The van der Waals surface area contributed by atoms with Crippen molar-refractivity contribution in [2.45, 2.75) is 12.8 Å². The Morgan fingerprint density at radius 3 is 2.70 bits per heavy atom. The highest BCUT2D eigenvalue weighted by Gasteiger charge is 2.14. The van der Waals surface area contributed by atoms with Gasteiger partial charge in [0.05, 0.1) is 13.3 Å². The second-order valence-corrected chi connectivity index (χ2v) is 4.64. The zero-order valence-electron chi connectivity index (χ0n) is 11.2. The molecule has 1 N–H and O–H groups in total. The van der Waals surface area contributed by atoms with E-state index in [1.54, 1.807) is 7.11 Å². The summed E-state index contributed by atoms with van der Waals surface area (Å²) in [6.45, 7) is 2.04. The lowest BCUT2D eigenvalue weighted by molar-refractivity contribution is 0.414. The fraction of sp³-hybridized carbons (Fsp3) is 0.200. The van der Waals surface area contributed by atoms with E-state index < -0.39 is 0 Å². The predicted molar refractivity (Wildman–Crippen MR) is 74.4 cm³/mol. The number of H-pyrrole nitrogens is 1. The van der Waals surface area contributed by atoms with Crippen molar-refractivity contribution in [3.8, 4) is 5.75 Å². The normalized spacial score (nSPS) is 12.6. The maximum atomic E-state index is 13.1. The van der Waals surface area contributed by atoms with Crippen molar-refractivity contribution in [1.82, 2.24) is 15.0 Å². The highest BCUT2D eigenvalue weighted by molar-refractivity contribution is 5.70. The number of hydrogen-bond acceptors (Lipinski definition) is 3. The maximum absolute atomic E-state index is 13.1. The quantitative estimate of drug-likeness (QED) is 0.795. The van der Waals surface area contributed by atoms with E-state index in [4.69, 9.17) is 4.74 Å². The minimum atomic E-state index is -0.382. The molecule has 0 saturated carbocycles. The number of hydrogen-bond donors (Lipinski definition) is 1. The minimum Gasteiger partial charge on any atom is -0.497 e. The maximum Gasteiger partial charge on any atom is 0.157 e. The van der Waals surface area contributed by atoms with Crippen LogP contribution in [0, 0.1) is 5.82 Å². The Morgan fingerprint density at radius 1 is 1.25 bits per heavy atom. The van der Waals surface area contributed by atoms with E-state index in [2.05, 4.69) is 15.0 Å². The molecule has 3 rings (SSSR count). The van der Waals surface area contributed by atoms with Crippen LogP contribution in [0.1, 0.15) is 24.2 Å². The minimum absolute atomic E-state index is 0.0677.